The highest BCUT2D eigenvalue weighted by atomic mass is 127. The molecule has 2 atom stereocenters. The minimum absolute atomic E-state index is 0.133. The van der Waals surface area contributed by atoms with Crippen molar-refractivity contribution in [3.8, 4) is 0 Å². The molecule has 0 radical (unpaired) electrons. The lowest BCUT2D eigenvalue weighted by atomic mass is 10.2. The van der Waals surface area contributed by atoms with Crippen molar-refractivity contribution in [2.75, 3.05) is 18.4 Å². The minimum Gasteiger partial charge on any atom is -0.390 e. The summed E-state index contributed by atoms with van der Waals surface area (Å²) in [5.74, 6) is 0. The summed E-state index contributed by atoms with van der Waals surface area (Å²) in [5.41, 5.74) is 1.07. The summed E-state index contributed by atoms with van der Waals surface area (Å²) in [5, 5.41) is 16.0. The van der Waals surface area contributed by atoms with Crippen molar-refractivity contribution in [2.24, 2.45) is 0 Å². The number of β-amino-alcohol motifs (C(OH)–C–C–N with tert-alkyl or cyclic N) is 1. The van der Waals surface area contributed by atoms with Crippen LogP contribution in [0.25, 0.3) is 0 Å². The third kappa shape index (κ3) is 2.37. The molecule has 1 aromatic rings. The summed E-state index contributed by atoms with van der Waals surface area (Å²) in [6, 6.07) is 8.29. The van der Waals surface area contributed by atoms with Gasteiger partial charge in [0.05, 0.1) is 12.1 Å². The van der Waals surface area contributed by atoms with E-state index >= 15 is 0 Å². The van der Waals surface area contributed by atoms with Crippen molar-refractivity contribution in [1.29, 1.82) is 0 Å². The van der Waals surface area contributed by atoms with Gasteiger partial charge in [0, 0.05) is 22.3 Å². The van der Waals surface area contributed by atoms with Crippen LogP contribution in [0.15, 0.2) is 24.3 Å². The van der Waals surface area contributed by atoms with Crippen LogP contribution < -0.4 is 10.6 Å². The lowest BCUT2D eigenvalue weighted by Crippen LogP contribution is -2.31. The predicted octanol–water partition coefficient (Wildman–Crippen LogP) is 1.04. The second-order valence-corrected chi connectivity index (χ2v) is 4.73. The van der Waals surface area contributed by atoms with E-state index in [1.54, 1.807) is 0 Å². The van der Waals surface area contributed by atoms with Gasteiger partial charge < -0.3 is 15.7 Å². The Balaban J connectivity index is 2.03. The molecule has 0 saturated carbocycles. The number of aliphatic hydroxyl groups is 1. The monoisotopic (exact) mass is 304 g/mol. The Labute approximate surface area is 97.0 Å². The first-order valence-electron chi connectivity index (χ1n) is 4.66. The van der Waals surface area contributed by atoms with Gasteiger partial charge in [-0.05, 0) is 40.8 Å². The van der Waals surface area contributed by atoms with Crippen molar-refractivity contribution in [3.05, 3.63) is 27.8 Å². The Hall–Kier alpha value is -0.330. The van der Waals surface area contributed by atoms with Crippen LogP contribution in [0.4, 0.5) is 5.69 Å². The van der Waals surface area contributed by atoms with Gasteiger partial charge in [-0.2, -0.15) is 0 Å². The van der Waals surface area contributed by atoms with Gasteiger partial charge in [0.2, 0.25) is 0 Å². The van der Waals surface area contributed by atoms with Crippen LogP contribution in [0, 0.1) is 3.57 Å². The lowest BCUT2D eigenvalue weighted by molar-refractivity contribution is 0.185. The van der Waals surface area contributed by atoms with E-state index in [-0.39, 0.29) is 12.1 Å². The minimum atomic E-state index is -0.284. The zero-order valence-electron chi connectivity index (χ0n) is 7.70. The molecule has 0 bridgehead atoms. The molecule has 2 rings (SSSR count). The number of nitrogens with one attached hydrogen (secondary N) is 2. The van der Waals surface area contributed by atoms with Gasteiger partial charge in [-0.3, -0.25) is 0 Å². The molecule has 76 valence electrons. The standard InChI is InChI=1S/C10H13IN2O/c11-7-2-1-3-8(4-7)13-9-5-12-6-10(9)14/h1-4,9-10,12-14H,5-6H2/t9-,10-/m1/s1. The summed E-state index contributed by atoms with van der Waals surface area (Å²) in [6.45, 7) is 1.51. The highest BCUT2D eigenvalue weighted by molar-refractivity contribution is 14.1. The molecule has 3 nitrogen and oxygen atoms in total. The molecule has 0 spiro atoms. The third-order valence-electron chi connectivity index (χ3n) is 2.36. The van der Waals surface area contributed by atoms with Gasteiger partial charge in [-0.25, -0.2) is 0 Å². The molecule has 1 aliphatic heterocycles. The third-order valence-corrected chi connectivity index (χ3v) is 3.03. The van der Waals surface area contributed by atoms with E-state index in [4.69, 9.17) is 0 Å². The molecule has 0 amide bonds. The first-order chi connectivity index (χ1) is 6.75. The Bertz CT molecular complexity index is 319. The quantitative estimate of drug-likeness (QED) is 0.715. The highest BCUT2D eigenvalue weighted by Gasteiger charge is 2.24. The van der Waals surface area contributed by atoms with Gasteiger partial charge >= 0.3 is 0 Å². The molecule has 0 aromatic heterocycles. The Morgan fingerprint density at radius 2 is 2.29 bits per heavy atom. The van der Waals surface area contributed by atoms with Gasteiger partial charge in [0.15, 0.2) is 0 Å². The van der Waals surface area contributed by atoms with Crippen LogP contribution in [0.2, 0.25) is 0 Å². The van der Waals surface area contributed by atoms with Gasteiger partial charge in [-0.1, -0.05) is 6.07 Å². The second kappa shape index (κ2) is 4.46. The molecule has 3 N–H and O–H groups in total. The molecule has 0 unspecified atom stereocenters. The fourth-order valence-electron chi connectivity index (χ4n) is 1.60. The van der Waals surface area contributed by atoms with E-state index in [0.717, 1.165) is 12.2 Å². The van der Waals surface area contributed by atoms with Crippen molar-refractivity contribution >= 4 is 28.3 Å². The fraction of sp³-hybridized carbons (Fsp3) is 0.400. The average molecular weight is 304 g/mol. The molecular formula is C10H13IN2O. The number of rotatable bonds is 2. The summed E-state index contributed by atoms with van der Waals surface area (Å²) in [4.78, 5) is 0. The molecule has 1 aromatic carbocycles. The second-order valence-electron chi connectivity index (χ2n) is 3.49. The number of halogens is 1. The maximum Gasteiger partial charge on any atom is 0.0877 e. The van der Waals surface area contributed by atoms with Crippen LogP contribution in [0.5, 0.6) is 0 Å². The van der Waals surface area contributed by atoms with E-state index in [1.165, 1.54) is 3.57 Å². The SMILES string of the molecule is O[C@@H]1CNC[C@H]1Nc1cccc(I)c1. The number of hydrogen-bond donors (Lipinski definition) is 3. The molecule has 0 aliphatic carbocycles. The van der Waals surface area contributed by atoms with E-state index in [1.807, 2.05) is 12.1 Å². The first kappa shape index (κ1) is 10.2. The van der Waals surface area contributed by atoms with Crippen molar-refractivity contribution in [1.82, 2.24) is 5.32 Å². The zero-order valence-corrected chi connectivity index (χ0v) is 9.86. The Morgan fingerprint density at radius 1 is 1.43 bits per heavy atom. The van der Waals surface area contributed by atoms with Crippen molar-refractivity contribution in [2.45, 2.75) is 12.1 Å². The van der Waals surface area contributed by atoms with Gasteiger partial charge in [0.1, 0.15) is 0 Å². The predicted molar refractivity (Wildman–Crippen MR) is 65.4 cm³/mol. The number of benzene rings is 1. The number of hydrogen-bond acceptors (Lipinski definition) is 3. The van der Waals surface area contributed by atoms with Crippen molar-refractivity contribution in [3.63, 3.8) is 0 Å². The maximum absolute atomic E-state index is 9.59. The van der Waals surface area contributed by atoms with E-state index in [9.17, 15) is 5.11 Å². The molecule has 1 aliphatic rings. The average Bonchev–Trinajstić information content (AvgIpc) is 2.52. The molecular weight excluding hydrogens is 291 g/mol. The number of anilines is 1. The maximum atomic E-state index is 9.59. The number of aliphatic hydroxyl groups excluding tert-OH is 1. The zero-order chi connectivity index (χ0) is 9.97. The van der Waals surface area contributed by atoms with Crippen LogP contribution >= 0.6 is 22.6 Å². The van der Waals surface area contributed by atoms with E-state index < -0.39 is 0 Å². The summed E-state index contributed by atoms with van der Waals surface area (Å²) in [6.07, 6.45) is -0.284. The van der Waals surface area contributed by atoms with E-state index in [0.29, 0.717) is 6.54 Å². The largest absolute Gasteiger partial charge is 0.390 e. The summed E-state index contributed by atoms with van der Waals surface area (Å²) < 4.78 is 1.20. The molecule has 1 fully saturated rings. The highest BCUT2D eigenvalue weighted by Crippen LogP contribution is 2.15. The molecule has 1 saturated heterocycles. The van der Waals surface area contributed by atoms with Gasteiger partial charge in [0.25, 0.3) is 0 Å². The molecule has 14 heavy (non-hydrogen) atoms. The smallest absolute Gasteiger partial charge is 0.0877 e. The van der Waals surface area contributed by atoms with Crippen LogP contribution in [-0.4, -0.2) is 30.3 Å². The lowest BCUT2D eigenvalue weighted by Gasteiger charge is -2.16. The summed E-state index contributed by atoms with van der Waals surface area (Å²) >= 11 is 2.28. The normalized spacial score (nSPS) is 26.4. The summed E-state index contributed by atoms with van der Waals surface area (Å²) in [7, 11) is 0. The molecule has 1 heterocycles. The first-order valence-corrected chi connectivity index (χ1v) is 5.74. The van der Waals surface area contributed by atoms with Crippen molar-refractivity contribution < 1.29 is 5.11 Å². The van der Waals surface area contributed by atoms with Crippen LogP contribution in [0.1, 0.15) is 0 Å². The Morgan fingerprint density at radius 3 is 2.93 bits per heavy atom. The Kier molecular flexibility index (Phi) is 3.25. The fourth-order valence-corrected chi connectivity index (χ4v) is 2.15. The van der Waals surface area contributed by atoms with Crippen LogP contribution in [-0.2, 0) is 0 Å². The topological polar surface area (TPSA) is 44.3 Å². The van der Waals surface area contributed by atoms with E-state index in [2.05, 4.69) is 45.4 Å². The van der Waals surface area contributed by atoms with Gasteiger partial charge in [-0.15, -0.1) is 0 Å². The molecule has 4 heteroatoms. The van der Waals surface area contributed by atoms with Crippen LogP contribution in [0.3, 0.4) is 0 Å².